The Bertz CT molecular complexity index is 321. The smallest absolute Gasteiger partial charge is 0.228 e. The molecule has 1 aliphatic rings. The highest BCUT2D eigenvalue weighted by Gasteiger charge is 2.20. The second-order valence-corrected chi connectivity index (χ2v) is 3.62. The van der Waals surface area contributed by atoms with Crippen LogP contribution in [0.15, 0.2) is 18.3 Å². The highest BCUT2D eigenvalue weighted by Crippen LogP contribution is 2.13. The quantitative estimate of drug-likeness (QED) is 0.735. The van der Waals surface area contributed by atoms with E-state index in [4.69, 9.17) is 0 Å². The third-order valence-corrected chi connectivity index (χ3v) is 2.53. The molecule has 0 unspecified atom stereocenters. The summed E-state index contributed by atoms with van der Waals surface area (Å²) in [4.78, 5) is 11.8. The number of aromatic nitrogens is 2. The first-order valence-corrected chi connectivity index (χ1v) is 5.15. The number of hydrogen-bond donors (Lipinski definition) is 2. The minimum Gasteiger partial charge on any atom is -0.317 e. The van der Waals surface area contributed by atoms with Gasteiger partial charge in [0.1, 0.15) is 0 Å². The maximum Gasteiger partial charge on any atom is 0.228 e. The van der Waals surface area contributed by atoms with E-state index in [1.807, 2.05) is 0 Å². The first-order valence-electron chi connectivity index (χ1n) is 5.15. The number of amides is 1. The van der Waals surface area contributed by atoms with E-state index in [9.17, 15) is 4.79 Å². The molecule has 0 spiro atoms. The molecule has 1 saturated heterocycles. The number of nitrogens with one attached hydrogen (secondary N) is 2. The van der Waals surface area contributed by atoms with E-state index in [1.165, 1.54) is 0 Å². The van der Waals surface area contributed by atoms with Crippen molar-refractivity contribution in [2.75, 3.05) is 18.4 Å². The number of carbonyl (C=O) groups is 1. The summed E-state index contributed by atoms with van der Waals surface area (Å²) in [6, 6.07) is 3.50. The fraction of sp³-hybridized carbons (Fsp3) is 0.500. The van der Waals surface area contributed by atoms with Crippen LogP contribution in [0.4, 0.5) is 5.82 Å². The summed E-state index contributed by atoms with van der Waals surface area (Å²) in [6.07, 6.45) is 3.37. The number of piperidine rings is 1. The third-order valence-electron chi connectivity index (χ3n) is 2.53. The molecule has 0 radical (unpaired) electrons. The molecule has 1 amide bonds. The largest absolute Gasteiger partial charge is 0.317 e. The highest BCUT2D eigenvalue weighted by atomic mass is 16.1. The van der Waals surface area contributed by atoms with Gasteiger partial charge in [-0.1, -0.05) is 0 Å². The molecule has 0 aliphatic carbocycles. The predicted molar refractivity (Wildman–Crippen MR) is 56.3 cm³/mol. The molecule has 80 valence electrons. The van der Waals surface area contributed by atoms with Gasteiger partial charge in [0.25, 0.3) is 0 Å². The second-order valence-electron chi connectivity index (χ2n) is 3.62. The Labute approximate surface area is 88.3 Å². The Morgan fingerprint density at radius 1 is 1.47 bits per heavy atom. The summed E-state index contributed by atoms with van der Waals surface area (Å²) in [5.74, 6) is 0.686. The van der Waals surface area contributed by atoms with Crippen LogP contribution in [0, 0.1) is 5.92 Å². The van der Waals surface area contributed by atoms with E-state index in [-0.39, 0.29) is 11.8 Å². The lowest BCUT2D eigenvalue weighted by Crippen LogP contribution is -2.34. The van der Waals surface area contributed by atoms with Gasteiger partial charge < -0.3 is 10.6 Å². The predicted octanol–water partition coefficient (Wildman–Crippen LogP) is 0.415. The fourth-order valence-corrected chi connectivity index (χ4v) is 1.68. The first-order chi connectivity index (χ1) is 7.36. The van der Waals surface area contributed by atoms with Gasteiger partial charge in [0.2, 0.25) is 5.91 Å². The third kappa shape index (κ3) is 2.73. The summed E-state index contributed by atoms with van der Waals surface area (Å²) in [5, 5.41) is 13.5. The zero-order chi connectivity index (χ0) is 10.5. The Morgan fingerprint density at radius 2 is 2.27 bits per heavy atom. The molecule has 0 atom stereocenters. The van der Waals surface area contributed by atoms with E-state index in [0.717, 1.165) is 25.9 Å². The van der Waals surface area contributed by atoms with Crippen LogP contribution >= 0.6 is 0 Å². The molecule has 5 heteroatoms. The summed E-state index contributed by atoms with van der Waals surface area (Å²) < 4.78 is 0. The van der Waals surface area contributed by atoms with E-state index in [0.29, 0.717) is 5.82 Å². The molecule has 2 rings (SSSR count). The van der Waals surface area contributed by atoms with Crippen molar-refractivity contribution in [3.05, 3.63) is 18.3 Å². The molecule has 1 aromatic rings. The van der Waals surface area contributed by atoms with E-state index >= 15 is 0 Å². The van der Waals surface area contributed by atoms with Crippen LogP contribution in [0.2, 0.25) is 0 Å². The molecule has 0 bridgehead atoms. The van der Waals surface area contributed by atoms with Crippen LogP contribution in [0.3, 0.4) is 0 Å². The molecule has 0 saturated carbocycles. The van der Waals surface area contributed by atoms with Crippen molar-refractivity contribution >= 4 is 11.7 Å². The molecular formula is C10H14N4O. The average molecular weight is 206 g/mol. The van der Waals surface area contributed by atoms with Crippen molar-refractivity contribution < 1.29 is 4.79 Å². The molecule has 15 heavy (non-hydrogen) atoms. The van der Waals surface area contributed by atoms with Crippen molar-refractivity contribution in [2.24, 2.45) is 5.92 Å². The zero-order valence-electron chi connectivity index (χ0n) is 8.44. The summed E-state index contributed by atoms with van der Waals surface area (Å²) in [7, 11) is 0. The molecule has 5 nitrogen and oxygen atoms in total. The van der Waals surface area contributed by atoms with E-state index in [2.05, 4.69) is 20.8 Å². The van der Waals surface area contributed by atoms with Gasteiger partial charge in [0.05, 0.1) is 0 Å². The molecule has 2 N–H and O–H groups in total. The Kier molecular flexibility index (Phi) is 3.24. The number of hydrogen-bond acceptors (Lipinski definition) is 4. The van der Waals surface area contributed by atoms with Crippen LogP contribution < -0.4 is 10.6 Å². The van der Waals surface area contributed by atoms with Gasteiger partial charge in [-0.3, -0.25) is 4.79 Å². The van der Waals surface area contributed by atoms with Crippen molar-refractivity contribution in [1.29, 1.82) is 0 Å². The van der Waals surface area contributed by atoms with Gasteiger partial charge in [0.15, 0.2) is 5.82 Å². The number of anilines is 1. The normalized spacial score (nSPS) is 17.3. The number of carbonyl (C=O) groups excluding carboxylic acids is 1. The van der Waals surface area contributed by atoms with Crippen molar-refractivity contribution in [3.63, 3.8) is 0 Å². The lowest BCUT2D eigenvalue weighted by Gasteiger charge is -2.21. The number of rotatable bonds is 2. The number of nitrogens with zero attached hydrogens (tertiary/aromatic N) is 2. The Hall–Kier alpha value is -1.49. The SMILES string of the molecule is O=C(Nc1cccnn1)C1CCNCC1. The molecule has 0 aromatic carbocycles. The van der Waals surface area contributed by atoms with Crippen molar-refractivity contribution in [3.8, 4) is 0 Å². The van der Waals surface area contributed by atoms with E-state index < -0.39 is 0 Å². The average Bonchev–Trinajstić information content (AvgIpc) is 2.31. The fourth-order valence-electron chi connectivity index (χ4n) is 1.68. The molecule has 1 aliphatic heterocycles. The second kappa shape index (κ2) is 4.84. The monoisotopic (exact) mass is 206 g/mol. The van der Waals surface area contributed by atoms with Gasteiger partial charge in [-0.2, -0.15) is 5.10 Å². The highest BCUT2D eigenvalue weighted by molar-refractivity contribution is 5.91. The minimum absolute atomic E-state index is 0.0528. The maximum absolute atomic E-state index is 11.8. The van der Waals surface area contributed by atoms with Crippen LogP contribution in [0.1, 0.15) is 12.8 Å². The van der Waals surface area contributed by atoms with Crippen molar-refractivity contribution in [1.82, 2.24) is 15.5 Å². The summed E-state index contributed by atoms with van der Waals surface area (Å²) >= 11 is 0. The van der Waals surface area contributed by atoms with Gasteiger partial charge in [-0.25, -0.2) is 0 Å². The minimum atomic E-state index is 0.0528. The van der Waals surface area contributed by atoms with Gasteiger partial charge in [-0.05, 0) is 38.1 Å². The zero-order valence-corrected chi connectivity index (χ0v) is 8.44. The van der Waals surface area contributed by atoms with Crippen LogP contribution in [0.5, 0.6) is 0 Å². The maximum atomic E-state index is 11.8. The van der Waals surface area contributed by atoms with Crippen LogP contribution in [-0.2, 0) is 4.79 Å². The molecular weight excluding hydrogens is 192 g/mol. The Morgan fingerprint density at radius 3 is 2.93 bits per heavy atom. The van der Waals surface area contributed by atoms with Gasteiger partial charge in [0, 0.05) is 12.1 Å². The van der Waals surface area contributed by atoms with Crippen LogP contribution in [0.25, 0.3) is 0 Å². The standard InChI is InChI=1S/C10H14N4O/c15-10(8-3-6-11-7-4-8)13-9-2-1-5-12-14-9/h1-2,5,8,11H,3-4,6-7H2,(H,13,14,15). The summed E-state index contributed by atoms with van der Waals surface area (Å²) in [6.45, 7) is 1.83. The molecule has 1 fully saturated rings. The van der Waals surface area contributed by atoms with E-state index in [1.54, 1.807) is 18.3 Å². The van der Waals surface area contributed by atoms with Gasteiger partial charge >= 0.3 is 0 Å². The lowest BCUT2D eigenvalue weighted by atomic mass is 9.97. The van der Waals surface area contributed by atoms with Crippen molar-refractivity contribution in [2.45, 2.75) is 12.8 Å². The molecule has 2 heterocycles. The molecule has 1 aromatic heterocycles. The Balaban J connectivity index is 1.91. The topological polar surface area (TPSA) is 66.9 Å². The first kappa shape index (κ1) is 10.0. The van der Waals surface area contributed by atoms with Gasteiger partial charge in [-0.15, -0.1) is 5.10 Å². The summed E-state index contributed by atoms with van der Waals surface area (Å²) in [5.41, 5.74) is 0. The lowest BCUT2D eigenvalue weighted by molar-refractivity contribution is -0.120. The van der Waals surface area contributed by atoms with Crippen LogP contribution in [-0.4, -0.2) is 29.2 Å².